The normalized spacial score (nSPS) is 15.7. The molecule has 0 saturated carbocycles. The molecule has 1 unspecified atom stereocenters. The second-order valence-corrected chi connectivity index (χ2v) is 7.31. The van der Waals surface area contributed by atoms with Crippen LogP contribution in [0.25, 0.3) is 0 Å². The number of carbonyl (C=O) groups excluding carboxylic acids is 2. The summed E-state index contributed by atoms with van der Waals surface area (Å²) in [7, 11) is 0. The van der Waals surface area contributed by atoms with E-state index >= 15 is 0 Å². The molecule has 1 heterocycles. The highest BCUT2D eigenvalue weighted by Crippen LogP contribution is 2.35. The molecule has 1 N–H and O–H groups in total. The summed E-state index contributed by atoms with van der Waals surface area (Å²) in [5.41, 5.74) is 0.488. The lowest BCUT2D eigenvalue weighted by Gasteiger charge is -2.13. The van der Waals surface area contributed by atoms with E-state index in [4.69, 9.17) is 21.1 Å². The lowest BCUT2D eigenvalue weighted by Crippen LogP contribution is -2.19. The molecule has 0 aliphatic carbocycles. The minimum Gasteiger partial charge on any atom is -0.462 e. The minimum atomic E-state index is -0.820. The van der Waals surface area contributed by atoms with Gasteiger partial charge in [-0.15, -0.1) is 11.8 Å². The number of hydrogen-bond donors (Lipinski definition) is 1. The molecule has 1 aromatic carbocycles. The van der Waals surface area contributed by atoms with Crippen LogP contribution in [0.15, 0.2) is 28.9 Å². The molecule has 6 nitrogen and oxygen atoms in total. The zero-order valence-electron chi connectivity index (χ0n) is 15.2. The van der Waals surface area contributed by atoms with E-state index in [1.807, 2.05) is 6.92 Å². The van der Waals surface area contributed by atoms with Gasteiger partial charge in [-0.2, -0.15) is 0 Å². The summed E-state index contributed by atoms with van der Waals surface area (Å²) < 4.78 is 23.7. The lowest BCUT2D eigenvalue weighted by molar-refractivity contribution is -0.146. The molecule has 0 saturated heterocycles. The van der Waals surface area contributed by atoms with Crippen LogP contribution < -0.4 is 5.32 Å². The fraction of sp³-hybridized carbons (Fsp3) is 0.389. The van der Waals surface area contributed by atoms with Crippen molar-refractivity contribution in [1.82, 2.24) is 0 Å². The highest BCUT2D eigenvalue weighted by molar-refractivity contribution is 8.15. The number of rotatable bonds is 7. The van der Waals surface area contributed by atoms with E-state index in [0.717, 1.165) is 0 Å². The molecule has 0 fully saturated rings. The van der Waals surface area contributed by atoms with Gasteiger partial charge in [0.1, 0.15) is 10.9 Å². The third-order valence-corrected chi connectivity index (χ3v) is 4.95. The maximum Gasteiger partial charge on any atom is 0.347 e. The van der Waals surface area contributed by atoms with Gasteiger partial charge in [-0.1, -0.05) is 18.5 Å². The maximum atomic E-state index is 14.0. The van der Waals surface area contributed by atoms with Gasteiger partial charge in [0.15, 0.2) is 5.57 Å². The molecular formula is C18H20ClFN2O4S. The quantitative estimate of drug-likeness (QED) is 0.316. The van der Waals surface area contributed by atoms with Gasteiger partial charge in [-0.25, -0.2) is 14.0 Å². The van der Waals surface area contributed by atoms with Crippen molar-refractivity contribution < 1.29 is 23.5 Å². The van der Waals surface area contributed by atoms with Gasteiger partial charge in [-0.05, 0) is 26.0 Å². The summed E-state index contributed by atoms with van der Waals surface area (Å²) in [6.45, 7) is 6.06. The number of thioether (sulfide) groups is 1. The number of nitrogens with zero attached hydrogens (tertiary/aromatic N) is 1. The van der Waals surface area contributed by atoms with Gasteiger partial charge >= 0.3 is 11.9 Å². The zero-order valence-corrected chi connectivity index (χ0v) is 16.7. The molecular weight excluding hydrogens is 395 g/mol. The first kappa shape index (κ1) is 21.2. The Morgan fingerprint density at radius 2 is 1.96 bits per heavy atom. The fourth-order valence-electron chi connectivity index (χ4n) is 2.26. The maximum absolute atomic E-state index is 14.0. The summed E-state index contributed by atoms with van der Waals surface area (Å²) in [5, 5.41) is 3.60. The van der Waals surface area contributed by atoms with Crippen LogP contribution in [0.2, 0.25) is 5.02 Å². The van der Waals surface area contributed by atoms with Crippen molar-refractivity contribution >= 4 is 46.0 Å². The number of aliphatic imine (C=N–C) groups is 1. The Balaban J connectivity index is 2.39. The molecule has 9 heteroatoms. The predicted molar refractivity (Wildman–Crippen MR) is 105 cm³/mol. The largest absolute Gasteiger partial charge is 0.462 e. The summed E-state index contributed by atoms with van der Waals surface area (Å²) in [6, 6.07) is 2.66. The molecule has 27 heavy (non-hydrogen) atoms. The third-order valence-electron chi connectivity index (χ3n) is 3.48. The van der Waals surface area contributed by atoms with Crippen LogP contribution >= 0.6 is 23.4 Å². The van der Waals surface area contributed by atoms with Gasteiger partial charge < -0.3 is 14.8 Å². The first-order valence-electron chi connectivity index (χ1n) is 8.39. The topological polar surface area (TPSA) is 77.0 Å². The molecule has 0 radical (unpaired) electrons. The van der Waals surface area contributed by atoms with Crippen LogP contribution in [0.3, 0.4) is 0 Å². The highest BCUT2D eigenvalue weighted by Gasteiger charge is 2.25. The number of esters is 2. The Labute approximate surface area is 166 Å². The molecule has 0 bridgehead atoms. The molecule has 146 valence electrons. The lowest BCUT2D eigenvalue weighted by atomic mass is 10.1. The van der Waals surface area contributed by atoms with Crippen LogP contribution in [0.1, 0.15) is 26.3 Å². The van der Waals surface area contributed by atoms with E-state index in [1.54, 1.807) is 13.8 Å². The predicted octanol–water partition coefficient (Wildman–Crippen LogP) is 3.78. The molecule has 2 rings (SSSR count). The number of carbonyl (C=O) groups is 2. The molecule has 0 aromatic heterocycles. The van der Waals surface area contributed by atoms with Crippen molar-refractivity contribution in [2.24, 2.45) is 4.99 Å². The van der Waals surface area contributed by atoms with E-state index in [1.165, 1.54) is 30.1 Å². The summed E-state index contributed by atoms with van der Waals surface area (Å²) in [6.07, 6.45) is 1.17. The smallest absolute Gasteiger partial charge is 0.347 e. The molecule has 1 aromatic rings. The van der Waals surface area contributed by atoms with E-state index in [-0.39, 0.29) is 29.1 Å². The van der Waals surface area contributed by atoms with Gasteiger partial charge in [-0.3, -0.25) is 4.99 Å². The van der Waals surface area contributed by atoms with Crippen LogP contribution in [-0.2, 0) is 19.1 Å². The van der Waals surface area contributed by atoms with Crippen molar-refractivity contribution in [3.05, 3.63) is 40.3 Å². The second kappa shape index (κ2) is 9.75. The second-order valence-electron chi connectivity index (χ2n) is 5.50. The zero-order chi connectivity index (χ0) is 20.0. The standard InChI is InChI=1S/C18H20ClFN2O4S/c1-4-25-17(23)11(18(24)26-5-2)9-21-13-7-6-12(20)15(19)14(13)16-22-8-10(3)27-16/h6-7,9-10,21H,4-5,8H2,1-3H3. The van der Waals surface area contributed by atoms with Gasteiger partial charge in [0, 0.05) is 17.1 Å². The Kier molecular flexibility index (Phi) is 7.67. The Morgan fingerprint density at radius 1 is 1.33 bits per heavy atom. The van der Waals surface area contributed by atoms with Gasteiger partial charge in [0.2, 0.25) is 0 Å². The van der Waals surface area contributed by atoms with Gasteiger partial charge in [0.25, 0.3) is 0 Å². The highest BCUT2D eigenvalue weighted by atomic mass is 35.5. The molecule has 1 aliphatic heterocycles. The van der Waals surface area contributed by atoms with Crippen molar-refractivity contribution in [3.8, 4) is 0 Å². The first-order chi connectivity index (χ1) is 12.9. The monoisotopic (exact) mass is 414 g/mol. The Morgan fingerprint density at radius 3 is 2.48 bits per heavy atom. The summed E-state index contributed by atoms with van der Waals surface area (Å²) >= 11 is 7.63. The van der Waals surface area contributed by atoms with Crippen molar-refractivity contribution in [1.29, 1.82) is 0 Å². The number of ether oxygens (including phenoxy) is 2. The van der Waals surface area contributed by atoms with Crippen molar-refractivity contribution in [2.75, 3.05) is 25.1 Å². The SMILES string of the molecule is CCOC(=O)C(=CNc1ccc(F)c(Cl)c1C1=NCC(C)S1)C(=O)OCC. The Hall–Kier alpha value is -2.06. The van der Waals surface area contributed by atoms with E-state index in [9.17, 15) is 14.0 Å². The molecule has 0 amide bonds. The number of anilines is 1. The Bertz CT molecular complexity index is 778. The molecule has 1 atom stereocenters. The number of halogens is 2. The average Bonchev–Trinajstić information content (AvgIpc) is 3.04. The van der Waals surface area contributed by atoms with Crippen LogP contribution in [0.5, 0.6) is 0 Å². The van der Waals surface area contributed by atoms with Crippen LogP contribution in [0.4, 0.5) is 10.1 Å². The summed E-state index contributed by atoms with van der Waals surface area (Å²) in [4.78, 5) is 28.5. The third kappa shape index (κ3) is 5.23. The summed E-state index contributed by atoms with van der Waals surface area (Å²) in [5.74, 6) is -2.22. The van der Waals surface area contributed by atoms with Crippen molar-refractivity contribution in [3.63, 3.8) is 0 Å². The van der Waals surface area contributed by atoms with E-state index in [2.05, 4.69) is 10.3 Å². The molecule has 0 spiro atoms. The number of nitrogens with one attached hydrogen (secondary N) is 1. The first-order valence-corrected chi connectivity index (χ1v) is 9.65. The van der Waals surface area contributed by atoms with E-state index in [0.29, 0.717) is 22.8 Å². The minimum absolute atomic E-state index is 0.0810. The van der Waals surface area contributed by atoms with Crippen molar-refractivity contribution in [2.45, 2.75) is 26.0 Å². The fourth-order valence-corrected chi connectivity index (χ4v) is 3.58. The number of benzene rings is 1. The molecule has 1 aliphatic rings. The van der Waals surface area contributed by atoms with Gasteiger partial charge in [0.05, 0.1) is 30.3 Å². The average molecular weight is 415 g/mol. The van der Waals surface area contributed by atoms with Crippen LogP contribution in [-0.4, -0.2) is 42.0 Å². The number of hydrogen-bond acceptors (Lipinski definition) is 7. The van der Waals surface area contributed by atoms with E-state index < -0.39 is 17.8 Å². The van der Waals surface area contributed by atoms with Crippen LogP contribution in [0, 0.1) is 5.82 Å².